The van der Waals surface area contributed by atoms with Gasteiger partial charge in [0.2, 0.25) is 0 Å². The first kappa shape index (κ1) is 21.7. The van der Waals surface area contributed by atoms with Gasteiger partial charge in [-0.2, -0.15) is 8.42 Å². The molecule has 8 nitrogen and oxygen atoms in total. The molecule has 0 unspecified atom stereocenters. The molecule has 0 amide bonds. The van der Waals surface area contributed by atoms with E-state index in [2.05, 4.69) is 4.18 Å². The van der Waals surface area contributed by atoms with E-state index < -0.39 is 10.3 Å². The molecule has 0 spiro atoms. The molecule has 2 fully saturated rings. The maximum Gasteiger partial charge on any atom is 0.333 e. The third-order valence-corrected chi connectivity index (χ3v) is 5.71. The molecule has 152 valence electrons. The molecule has 2 aliphatic rings. The molecule has 0 aromatic heterocycles. The van der Waals surface area contributed by atoms with Crippen LogP contribution < -0.4 is 10.9 Å². The first-order chi connectivity index (χ1) is 12.7. The summed E-state index contributed by atoms with van der Waals surface area (Å²) in [7, 11) is -3.72. The Kier molecular flexibility index (Phi) is 8.15. The summed E-state index contributed by atoms with van der Waals surface area (Å²) in [5, 5.41) is 15.2. The Morgan fingerprint density at radius 3 is 2.00 bits per heavy atom. The van der Waals surface area contributed by atoms with Crippen molar-refractivity contribution >= 4 is 16.0 Å². The third-order valence-electron chi connectivity index (χ3n) is 5.17. The molecule has 27 heavy (non-hydrogen) atoms. The lowest BCUT2D eigenvalue weighted by molar-refractivity contribution is -0.384. The lowest BCUT2D eigenvalue weighted by Gasteiger charge is -2.26. The standard InChI is InChI=1S/C12H16N2O2.C6H13NO3S/c13-11-5-1-9(2-6-11)10-3-7-12(8-4-10)14(15)16;7-11(8,9)10-6-4-2-1-3-5-6/h3-4,7-9,11H,1-2,5-6,13H2;6H,1-5H2,(H2,7,8,9). The second-order valence-electron chi connectivity index (χ2n) is 7.31. The van der Waals surface area contributed by atoms with Crippen LogP contribution in [0.4, 0.5) is 5.69 Å². The van der Waals surface area contributed by atoms with Crippen molar-refractivity contribution in [1.29, 1.82) is 0 Å². The molecule has 1 aromatic carbocycles. The predicted molar refractivity (Wildman–Crippen MR) is 103 cm³/mol. The minimum atomic E-state index is -3.72. The molecule has 2 aliphatic carbocycles. The molecule has 0 heterocycles. The van der Waals surface area contributed by atoms with Gasteiger partial charge in [0.25, 0.3) is 5.69 Å². The number of rotatable bonds is 4. The summed E-state index contributed by atoms with van der Waals surface area (Å²) in [5.41, 5.74) is 7.22. The average molecular weight is 400 g/mol. The summed E-state index contributed by atoms with van der Waals surface area (Å²) >= 11 is 0. The van der Waals surface area contributed by atoms with Gasteiger partial charge in [-0.3, -0.25) is 14.3 Å². The minimum absolute atomic E-state index is 0.163. The molecule has 0 saturated heterocycles. The summed E-state index contributed by atoms with van der Waals surface area (Å²) < 4.78 is 25.5. The van der Waals surface area contributed by atoms with Gasteiger partial charge in [-0.1, -0.05) is 31.4 Å². The molecule has 3 rings (SSSR count). The Labute approximate surface area is 160 Å². The zero-order valence-corrected chi connectivity index (χ0v) is 16.3. The van der Waals surface area contributed by atoms with Crippen LogP contribution in [0.15, 0.2) is 24.3 Å². The fraction of sp³-hybridized carbons (Fsp3) is 0.667. The van der Waals surface area contributed by atoms with E-state index in [1.165, 1.54) is 12.0 Å². The number of non-ortho nitro benzene ring substituents is 1. The van der Waals surface area contributed by atoms with Crippen molar-refractivity contribution in [3.05, 3.63) is 39.9 Å². The van der Waals surface area contributed by atoms with Gasteiger partial charge in [0.1, 0.15) is 0 Å². The van der Waals surface area contributed by atoms with Gasteiger partial charge in [-0.05, 0) is 50.0 Å². The van der Waals surface area contributed by atoms with E-state index in [0.717, 1.165) is 51.4 Å². The molecular formula is C18H29N3O5S. The van der Waals surface area contributed by atoms with Crippen LogP contribution in [0.1, 0.15) is 69.3 Å². The van der Waals surface area contributed by atoms with Crippen molar-refractivity contribution in [2.24, 2.45) is 10.9 Å². The number of nitro groups is 1. The van der Waals surface area contributed by atoms with Gasteiger partial charge in [0.05, 0.1) is 11.0 Å². The second kappa shape index (κ2) is 10.1. The molecule has 4 N–H and O–H groups in total. The smallest absolute Gasteiger partial charge is 0.328 e. The SMILES string of the molecule is NC1CCC(c2ccc([N+](=O)[O-])cc2)CC1.NS(=O)(=O)OC1CCCCC1. The lowest BCUT2D eigenvalue weighted by Crippen LogP contribution is -2.25. The number of hydrogen-bond acceptors (Lipinski definition) is 6. The maximum atomic E-state index is 10.5. The van der Waals surface area contributed by atoms with Crippen molar-refractivity contribution < 1.29 is 17.5 Å². The van der Waals surface area contributed by atoms with Gasteiger partial charge < -0.3 is 5.73 Å². The van der Waals surface area contributed by atoms with Crippen LogP contribution in [0.3, 0.4) is 0 Å². The highest BCUT2D eigenvalue weighted by Crippen LogP contribution is 2.32. The Balaban J connectivity index is 0.000000208. The fourth-order valence-electron chi connectivity index (χ4n) is 3.67. The third kappa shape index (κ3) is 7.92. The Morgan fingerprint density at radius 2 is 1.52 bits per heavy atom. The van der Waals surface area contributed by atoms with E-state index in [9.17, 15) is 18.5 Å². The molecule has 2 saturated carbocycles. The van der Waals surface area contributed by atoms with Crippen LogP contribution in [0, 0.1) is 10.1 Å². The summed E-state index contributed by atoms with van der Waals surface area (Å²) in [4.78, 5) is 10.2. The highest BCUT2D eigenvalue weighted by Gasteiger charge is 2.20. The van der Waals surface area contributed by atoms with Crippen LogP contribution in [0.5, 0.6) is 0 Å². The van der Waals surface area contributed by atoms with Gasteiger partial charge in [0, 0.05) is 18.2 Å². The number of nitrogens with zero attached hydrogens (tertiary/aromatic N) is 1. The van der Waals surface area contributed by atoms with Gasteiger partial charge in [-0.15, -0.1) is 0 Å². The highest BCUT2D eigenvalue weighted by molar-refractivity contribution is 7.84. The largest absolute Gasteiger partial charge is 0.333 e. The van der Waals surface area contributed by atoms with Crippen molar-refractivity contribution in [1.82, 2.24) is 0 Å². The van der Waals surface area contributed by atoms with E-state index in [-0.39, 0.29) is 16.7 Å². The number of nitrogens with two attached hydrogens (primary N) is 2. The monoisotopic (exact) mass is 399 g/mol. The Hall–Kier alpha value is -1.55. The first-order valence-corrected chi connectivity index (χ1v) is 10.9. The normalized spacial score (nSPS) is 23.9. The van der Waals surface area contributed by atoms with Crippen LogP contribution in [0.25, 0.3) is 0 Å². The van der Waals surface area contributed by atoms with Crippen LogP contribution in [0.2, 0.25) is 0 Å². The molecule has 0 atom stereocenters. The number of nitro benzene ring substituents is 1. The molecule has 0 bridgehead atoms. The molecule has 1 aromatic rings. The number of hydrogen-bond donors (Lipinski definition) is 2. The molecule has 0 radical (unpaired) electrons. The predicted octanol–water partition coefficient (Wildman–Crippen LogP) is 3.12. The summed E-state index contributed by atoms with van der Waals surface area (Å²) in [5.74, 6) is 0.528. The Morgan fingerprint density at radius 1 is 0.963 bits per heavy atom. The molecule has 0 aliphatic heterocycles. The zero-order valence-electron chi connectivity index (χ0n) is 15.5. The lowest BCUT2D eigenvalue weighted by atomic mass is 9.82. The first-order valence-electron chi connectivity index (χ1n) is 9.45. The van der Waals surface area contributed by atoms with Crippen molar-refractivity contribution in [3.63, 3.8) is 0 Å². The van der Waals surface area contributed by atoms with Crippen LogP contribution in [-0.2, 0) is 14.5 Å². The minimum Gasteiger partial charge on any atom is -0.328 e. The topological polar surface area (TPSA) is 139 Å². The summed E-state index contributed by atoms with van der Waals surface area (Å²) in [6, 6.07) is 7.27. The zero-order chi connectivity index (χ0) is 19.9. The number of benzene rings is 1. The second-order valence-corrected chi connectivity index (χ2v) is 8.49. The van der Waals surface area contributed by atoms with E-state index in [1.54, 1.807) is 12.1 Å². The fourth-order valence-corrected chi connectivity index (χ4v) is 4.24. The van der Waals surface area contributed by atoms with Gasteiger partial charge in [-0.25, -0.2) is 5.14 Å². The van der Waals surface area contributed by atoms with E-state index >= 15 is 0 Å². The highest BCUT2D eigenvalue weighted by atomic mass is 32.2. The molecular weight excluding hydrogens is 370 g/mol. The van der Waals surface area contributed by atoms with E-state index in [4.69, 9.17) is 10.9 Å². The van der Waals surface area contributed by atoms with Crippen molar-refractivity contribution in [3.8, 4) is 0 Å². The molecule has 9 heteroatoms. The quantitative estimate of drug-likeness (QED) is 0.589. The maximum absolute atomic E-state index is 10.5. The average Bonchev–Trinajstić information content (AvgIpc) is 2.62. The van der Waals surface area contributed by atoms with Gasteiger partial charge >= 0.3 is 10.3 Å². The van der Waals surface area contributed by atoms with Crippen molar-refractivity contribution in [2.75, 3.05) is 0 Å². The van der Waals surface area contributed by atoms with Crippen molar-refractivity contribution in [2.45, 2.75) is 75.9 Å². The Bertz CT molecular complexity index is 694. The summed E-state index contributed by atoms with van der Waals surface area (Å²) in [6.07, 6.45) is 9.03. The summed E-state index contributed by atoms with van der Waals surface area (Å²) in [6.45, 7) is 0. The van der Waals surface area contributed by atoms with Crippen LogP contribution in [-0.4, -0.2) is 25.5 Å². The van der Waals surface area contributed by atoms with E-state index in [1.807, 2.05) is 12.1 Å². The van der Waals surface area contributed by atoms with Gasteiger partial charge in [0.15, 0.2) is 0 Å². The van der Waals surface area contributed by atoms with E-state index in [0.29, 0.717) is 12.0 Å². The van der Waals surface area contributed by atoms with Crippen LogP contribution >= 0.6 is 0 Å².